The van der Waals surface area contributed by atoms with E-state index >= 15 is 0 Å². The average molecular weight is 174 g/mol. The molecule has 1 aliphatic carbocycles. The Kier molecular flexibility index (Phi) is 2.93. The van der Waals surface area contributed by atoms with Crippen LogP contribution in [-0.4, -0.2) is 10.4 Å². The summed E-state index contributed by atoms with van der Waals surface area (Å²) < 4.78 is 0. The second-order valence-electron chi connectivity index (χ2n) is 2.44. The highest BCUT2D eigenvalue weighted by molar-refractivity contribution is 5.18. The van der Waals surface area contributed by atoms with E-state index in [1.807, 2.05) is 0 Å². The number of hydroxylamine groups is 4. The van der Waals surface area contributed by atoms with Crippen molar-refractivity contribution < 1.29 is 20.9 Å². The Bertz CT molecular complexity index is 222. The first-order valence-corrected chi connectivity index (χ1v) is 3.49. The smallest absolute Gasteiger partial charge is 0.223 e. The van der Waals surface area contributed by atoms with E-state index in [2.05, 4.69) is 0 Å². The molecule has 0 bridgehead atoms. The second-order valence-corrected chi connectivity index (χ2v) is 2.44. The number of nitrogens with one attached hydrogen (secondary N) is 2. The monoisotopic (exact) mass is 174 g/mol. The number of quaternary nitrogens is 2. The molecule has 1 aliphatic rings. The molecule has 0 aromatic rings. The molecule has 2 atom stereocenters. The fraction of sp³-hybridized carbons (Fsp3) is 0.333. The van der Waals surface area contributed by atoms with Gasteiger partial charge >= 0.3 is 0 Å². The normalized spacial score (nSPS) is 22.7. The van der Waals surface area contributed by atoms with Crippen LogP contribution in [0.15, 0.2) is 23.5 Å². The van der Waals surface area contributed by atoms with E-state index < -0.39 is 10.5 Å². The summed E-state index contributed by atoms with van der Waals surface area (Å²) in [7, 11) is 0. The van der Waals surface area contributed by atoms with E-state index in [4.69, 9.17) is 10.4 Å². The van der Waals surface area contributed by atoms with E-state index in [9.17, 15) is 10.4 Å². The van der Waals surface area contributed by atoms with Gasteiger partial charge in [0.2, 0.25) is 11.4 Å². The van der Waals surface area contributed by atoms with Gasteiger partial charge in [-0.25, -0.2) is 10.4 Å². The molecule has 12 heavy (non-hydrogen) atoms. The lowest BCUT2D eigenvalue weighted by Crippen LogP contribution is -3.08. The minimum Gasteiger partial charge on any atom is -0.595 e. The fourth-order valence-electron chi connectivity index (χ4n) is 1.09. The third-order valence-corrected chi connectivity index (χ3v) is 1.66. The van der Waals surface area contributed by atoms with Gasteiger partial charge in [0.1, 0.15) is 0 Å². The standard InChI is InChI=1S/C6H10N2O4/c9-7(10)5-3-1-2-4-6(5)8(11)12/h1,3,7-9,11H,2,4H2. The van der Waals surface area contributed by atoms with Crippen LogP contribution in [0.4, 0.5) is 0 Å². The second kappa shape index (κ2) is 3.76. The Balaban J connectivity index is 2.92. The number of hydrogen-bond donors (Lipinski definition) is 4. The molecule has 0 saturated carbocycles. The van der Waals surface area contributed by atoms with Crippen molar-refractivity contribution in [2.45, 2.75) is 12.8 Å². The SMILES string of the molecule is [O-][NH+](O)C1=C([NH+]([O-])O)CCC=C1. The topological polar surface area (TPSA) is 95.5 Å². The maximum absolute atomic E-state index is 10.5. The van der Waals surface area contributed by atoms with Crippen molar-refractivity contribution in [3.8, 4) is 0 Å². The first-order valence-electron chi connectivity index (χ1n) is 3.49. The number of rotatable bonds is 2. The maximum Gasteiger partial charge on any atom is 0.223 e. The third kappa shape index (κ3) is 1.89. The number of allylic oxidation sites excluding steroid dienone is 3. The van der Waals surface area contributed by atoms with Crippen LogP contribution in [-0.2, 0) is 0 Å². The van der Waals surface area contributed by atoms with Crippen LogP contribution in [0, 0.1) is 10.4 Å². The van der Waals surface area contributed by atoms with Gasteiger partial charge in [-0.1, -0.05) is 6.08 Å². The summed E-state index contributed by atoms with van der Waals surface area (Å²) in [5, 5.41) is 35.9. The predicted molar refractivity (Wildman–Crippen MR) is 37.6 cm³/mol. The van der Waals surface area contributed by atoms with E-state index in [0.29, 0.717) is 12.8 Å². The van der Waals surface area contributed by atoms with Gasteiger partial charge in [0.15, 0.2) is 0 Å². The van der Waals surface area contributed by atoms with Crippen LogP contribution in [0.2, 0.25) is 0 Å². The van der Waals surface area contributed by atoms with Crippen LogP contribution >= 0.6 is 0 Å². The molecule has 0 radical (unpaired) electrons. The summed E-state index contributed by atoms with van der Waals surface area (Å²) in [6.07, 6.45) is 3.90. The Hall–Kier alpha value is -0.760. The average Bonchev–Trinajstić information content (AvgIpc) is 2.04. The van der Waals surface area contributed by atoms with Crippen molar-refractivity contribution in [3.05, 3.63) is 34.0 Å². The van der Waals surface area contributed by atoms with E-state index in [1.54, 1.807) is 6.08 Å². The summed E-state index contributed by atoms with van der Waals surface area (Å²) in [5.41, 5.74) is -0.112. The Morgan fingerprint density at radius 3 is 2.33 bits per heavy atom. The van der Waals surface area contributed by atoms with Crippen molar-refractivity contribution in [1.82, 2.24) is 0 Å². The predicted octanol–water partition coefficient (Wildman–Crippen LogP) is -1.91. The van der Waals surface area contributed by atoms with Gasteiger partial charge in [0, 0.05) is 12.5 Å². The molecule has 4 N–H and O–H groups in total. The van der Waals surface area contributed by atoms with Crippen LogP contribution in [0.1, 0.15) is 12.8 Å². The molecule has 0 heterocycles. The summed E-state index contributed by atoms with van der Waals surface area (Å²) in [6.45, 7) is 0. The molecule has 1 rings (SSSR count). The zero-order chi connectivity index (χ0) is 9.14. The fourth-order valence-corrected chi connectivity index (χ4v) is 1.09. The molecule has 0 saturated heterocycles. The molecule has 0 amide bonds. The van der Waals surface area contributed by atoms with Gasteiger partial charge in [0.25, 0.3) is 0 Å². The molecule has 6 heteroatoms. The van der Waals surface area contributed by atoms with Gasteiger partial charge in [-0.05, 0) is 6.42 Å². The van der Waals surface area contributed by atoms with Crippen molar-refractivity contribution in [3.63, 3.8) is 0 Å². The molecule has 6 nitrogen and oxygen atoms in total. The largest absolute Gasteiger partial charge is 0.595 e. The lowest BCUT2D eigenvalue weighted by atomic mass is 10.1. The maximum atomic E-state index is 10.5. The lowest BCUT2D eigenvalue weighted by Gasteiger charge is -2.22. The van der Waals surface area contributed by atoms with E-state index in [-0.39, 0.29) is 11.4 Å². The molecular formula is C6H10N2O4. The summed E-state index contributed by atoms with van der Waals surface area (Å²) in [4.78, 5) is 0. The summed E-state index contributed by atoms with van der Waals surface area (Å²) in [6, 6.07) is 0. The minimum absolute atomic E-state index is 0.00926. The molecule has 68 valence electrons. The van der Waals surface area contributed by atoms with Gasteiger partial charge in [-0.3, -0.25) is 0 Å². The summed E-state index contributed by atoms with van der Waals surface area (Å²) >= 11 is 0. The zero-order valence-electron chi connectivity index (χ0n) is 6.28. The Morgan fingerprint density at radius 1 is 1.25 bits per heavy atom. The Labute approximate surface area is 68.7 Å². The van der Waals surface area contributed by atoms with Gasteiger partial charge in [0.05, 0.1) is 0 Å². The highest BCUT2D eigenvalue weighted by atomic mass is 16.8. The first kappa shape index (κ1) is 9.33. The Morgan fingerprint density at radius 2 is 1.92 bits per heavy atom. The van der Waals surface area contributed by atoms with Crippen LogP contribution in [0.3, 0.4) is 0 Å². The first-order chi connectivity index (χ1) is 5.63. The van der Waals surface area contributed by atoms with Crippen molar-refractivity contribution in [2.24, 2.45) is 0 Å². The molecule has 0 spiro atoms. The van der Waals surface area contributed by atoms with Crippen LogP contribution in [0.25, 0.3) is 0 Å². The number of hydrogen-bond acceptors (Lipinski definition) is 4. The van der Waals surface area contributed by atoms with Crippen molar-refractivity contribution >= 4 is 0 Å². The van der Waals surface area contributed by atoms with Crippen molar-refractivity contribution in [1.29, 1.82) is 0 Å². The van der Waals surface area contributed by atoms with E-state index in [1.165, 1.54) is 6.08 Å². The highest BCUT2D eigenvalue weighted by Crippen LogP contribution is 2.08. The van der Waals surface area contributed by atoms with Crippen LogP contribution < -0.4 is 10.5 Å². The molecule has 0 aromatic heterocycles. The molecular weight excluding hydrogens is 164 g/mol. The minimum atomic E-state index is -1.18. The van der Waals surface area contributed by atoms with Gasteiger partial charge in [-0.2, -0.15) is 10.5 Å². The van der Waals surface area contributed by atoms with Gasteiger partial charge in [-0.15, -0.1) is 0 Å². The quantitative estimate of drug-likeness (QED) is 0.367. The van der Waals surface area contributed by atoms with E-state index in [0.717, 1.165) is 0 Å². The summed E-state index contributed by atoms with van der Waals surface area (Å²) in [5.74, 6) is 0. The third-order valence-electron chi connectivity index (χ3n) is 1.66. The molecule has 0 aromatic carbocycles. The molecule has 2 unspecified atom stereocenters. The van der Waals surface area contributed by atoms with Gasteiger partial charge < -0.3 is 10.4 Å². The van der Waals surface area contributed by atoms with Crippen LogP contribution in [0.5, 0.6) is 0 Å². The zero-order valence-corrected chi connectivity index (χ0v) is 6.28. The molecule has 0 fully saturated rings. The molecule has 0 aliphatic heterocycles. The van der Waals surface area contributed by atoms with Crippen molar-refractivity contribution in [2.75, 3.05) is 0 Å². The highest BCUT2D eigenvalue weighted by Gasteiger charge is 2.19. The lowest BCUT2D eigenvalue weighted by molar-refractivity contribution is -1.04.